The molecule has 1 saturated carbocycles. The molecular weight excluding hydrogens is 540 g/mol. The minimum atomic E-state index is -3.08. The number of nitrogens with one attached hydrogen (secondary N) is 2. The van der Waals surface area contributed by atoms with Gasteiger partial charge in [-0.2, -0.15) is 13.9 Å². The Hall–Kier alpha value is -2.47. The predicted molar refractivity (Wildman–Crippen MR) is 144 cm³/mol. The number of rotatable bonds is 10. The van der Waals surface area contributed by atoms with Gasteiger partial charge in [-0.05, 0) is 43.9 Å². The van der Waals surface area contributed by atoms with Crippen LogP contribution in [0.3, 0.4) is 0 Å². The lowest BCUT2D eigenvalue weighted by molar-refractivity contribution is -0.0494. The van der Waals surface area contributed by atoms with Crippen LogP contribution in [0.15, 0.2) is 12.3 Å². The molecule has 212 valence electrons. The molecule has 2 aromatic rings. The quantitative estimate of drug-likeness (QED) is 0.409. The highest BCUT2D eigenvalue weighted by atomic mass is 35.5. The smallest absolute Gasteiger partial charge is 0.387 e. The lowest BCUT2D eigenvalue weighted by Gasteiger charge is -2.27. The van der Waals surface area contributed by atoms with Crippen molar-refractivity contribution in [2.45, 2.75) is 71.8 Å². The van der Waals surface area contributed by atoms with Crippen LogP contribution in [-0.4, -0.2) is 60.3 Å². The van der Waals surface area contributed by atoms with Crippen molar-refractivity contribution in [3.05, 3.63) is 23.0 Å². The Morgan fingerprint density at radius 3 is 2.47 bits per heavy atom. The number of carbonyl (C=O) groups is 1. The van der Waals surface area contributed by atoms with Gasteiger partial charge >= 0.3 is 6.61 Å². The summed E-state index contributed by atoms with van der Waals surface area (Å²) in [5.74, 6) is -0.132. The van der Waals surface area contributed by atoms with Crippen LogP contribution in [-0.2, 0) is 16.4 Å². The second kappa shape index (κ2) is 12.1. The van der Waals surface area contributed by atoms with E-state index in [0.29, 0.717) is 51.1 Å². The summed E-state index contributed by atoms with van der Waals surface area (Å²) in [6.07, 6.45) is 5.14. The maximum atomic E-state index is 13.3. The number of aryl methyl sites for hydroxylation is 1. The van der Waals surface area contributed by atoms with Crippen molar-refractivity contribution in [3.63, 3.8) is 0 Å². The third-order valence-corrected chi connectivity index (χ3v) is 8.54. The first-order chi connectivity index (χ1) is 17.7. The first-order valence-corrected chi connectivity index (χ1v) is 14.9. The van der Waals surface area contributed by atoms with Crippen molar-refractivity contribution in [3.8, 4) is 17.0 Å². The molecule has 9 nitrogen and oxygen atoms in total. The van der Waals surface area contributed by atoms with E-state index in [0.717, 1.165) is 0 Å². The average Bonchev–Trinajstić information content (AvgIpc) is 3.16. The van der Waals surface area contributed by atoms with E-state index < -0.39 is 22.4 Å². The maximum absolute atomic E-state index is 13.3. The minimum Gasteiger partial charge on any atom is -0.434 e. The van der Waals surface area contributed by atoms with E-state index in [1.807, 2.05) is 20.8 Å². The van der Waals surface area contributed by atoms with Gasteiger partial charge in [0.1, 0.15) is 21.4 Å². The second-order valence-electron chi connectivity index (χ2n) is 10.9. The third kappa shape index (κ3) is 7.78. The molecule has 1 aliphatic rings. The normalized spacial score (nSPS) is 18.4. The van der Waals surface area contributed by atoms with Gasteiger partial charge < -0.3 is 15.4 Å². The molecule has 0 spiro atoms. The molecule has 1 fully saturated rings. The van der Waals surface area contributed by atoms with Crippen molar-refractivity contribution >= 4 is 33.2 Å². The van der Waals surface area contributed by atoms with Gasteiger partial charge in [0.25, 0.3) is 5.91 Å². The van der Waals surface area contributed by atoms with Crippen LogP contribution < -0.4 is 15.4 Å². The summed E-state index contributed by atoms with van der Waals surface area (Å²) < 4.78 is 56.4. The summed E-state index contributed by atoms with van der Waals surface area (Å²) in [5, 5.41) is 9.95. The van der Waals surface area contributed by atoms with E-state index in [-0.39, 0.29) is 44.3 Å². The summed E-state index contributed by atoms with van der Waals surface area (Å²) in [4.78, 5) is 17.3. The first kappa shape index (κ1) is 30.1. The lowest BCUT2D eigenvalue weighted by atomic mass is 9.89. The van der Waals surface area contributed by atoms with Gasteiger partial charge in [-0.1, -0.05) is 32.4 Å². The second-order valence-corrected chi connectivity index (χ2v) is 13.6. The van der Waals surface area contributed by atoms with E-state index >= 15 is 0 Å². The van der Waals surface area contributed by atoms with Gasteiger partial charge in [0.2, 0.25) is 0 Å². The van der Waals surface area contributed by atoms with Gasteiger partial charge in [-0.15, -0.1) is 0 Å². The number of sulfone groups is 1. The van der Waals surface area contributed by atoms with E-state index in [4.69, 9.17) is 16.3 Å². The van der Waals surface area contributed by atoms with Crippen molar-refractivity contribution in [2.24, 2.45) is 11.3 Å². The SMILES string of the molecule is CCn1nc(C(=O)NCC2CCC(S(C)(=O)=O)CC2)c(Cl)c1-c1cnc(NCC(C)(C)C)cc1OC(F)F. The zero-order valence-electron chi connectivity index (χ0n) is 22.4. The summed E-state index contributed by atoms with van der Waals surface area (Å²) in [7, 11) is -3.07. The van der Waals surface area contributed by atoms with Gasteiger partial charge in [0, 0.05) is 38.2 Å². The third-order valence-electron chi connectivity index (χ3n) is 6.50. The largest absolute Gasteiger partial charge is 0.434 e. The fourth-order valence-electron chi connectivity index (χ4n) is 4.42. The standard InChI is InChI=1S/C25H36ClF2N5O4S/c1-6-33-22(17-13-29-19(31-14-25(2,3)4)11-18(17)37-24(27)28)20(26)21(32-33)23(34)30-12-15-7-9-16(10-8-15)38(5,35)36/h11,13,15-16,24H,6-10,12,14H2,1-5H3,(H,29,31)(H,30,34). The molecule has 0 bridgehead atoms. The number of hydrogen-bond acceptors (Lipinski definition) is 7. The van der Waals surface area contributed by atoms with Crippen molar-refractivity contribution in [2.75, 3.05) is 24.7 Å². The topological polar surface area (TPSA) is 115 Å². The van der Waals surface area contributed by atoms with Crippen LogP contribution in [0.25, 0.3) is 11.3 Å². The predicted octanol–water partition coefficient (Wildman–Crippen LogP) is 5.01. The van der Waals surface area contributed by atoms with Crippen LogP contribution >= 0.6 is 11.6 Å². The Bertz CT molecular complexity index is 1240. The Labute approximate surface area is 227 Å². The fourth-order valence-corrected chi connectivity index (χ4v) is 5.87. The summed E-state index contributed by atoms with van der Waals surface area (Å²) in [5.41, 5.74) is 0.331. The van der Waals surface area contributed by atoms with Crippen LogP contribution in [0.2, 0.25) is 5.02 Å². The highest BCUT2D eigenvalue weighted by molar-refractivity contribution is 7.91. The van der Waals surface area contributed by atoms with Crippen molar-refractivity contribution in [1.82, 2.24) is 20.1 Å². The number of alkyl halides is 2. The van der Waals surface area contributed by atoms with Gasteiger partial charge in [-0.25, -0.2) is 13.4 Å². The number of nitrogens with zero attached hydrogens (tertiary/aromatic N) is 3. The highest BCUT2D eigenvalue weighted by Crippen LogP contribution is 2.38. The zero-order chi connectivity index (χ0) is 28.3. The number of anilines is 1. The Kier molecular flexibility index (Phi) is 9.62. The lowest BCUT2D eigenvalue weighted by Crippen LogP contribution is -2.34. The Morgan fingerprint density at radius 1 is 1.26 bits per heavy atom. The number of carbonyl (C=O) groups excluding carboxylic acids is 1. The molecular formula is C25H36ClF2N5O4S. The molecule has 2 N–H and O–H groups in total. The number of hydrogen-bond donors (Lipinski definition) is 2. The van der Waals surface area contributed by atoms with Gasteiger partial charge in [0.05, 0.1) is 21.5 Å². The molecule has 1 amide bonds. The number of ether oxygens (including phenoxy) is 1. The molecule has 0 saturated heterocycles. The molecule has 2 heterocycles. The number of amides is 1. The molecule has 0 unspecified atom stereocenters. The van der Waals surface area contributed by atoms with E-state index in [1.54, 1.807) is 6.92 Å². The minimum absolute atomic E-state index is 0.00134. The number of halogens is 3. The Morgan fingerprint density at radius 2 is 1.92 bits per heavy atom. The van der Waals surface area contributed by atoms with Crippen molar-refractivity contribution in [1.29, 1.82) is 0 Å². The molecule has 13 heteroatoms. The van der Waals surface area contributed by atoms with E-state index in [2.05, 4.69) is 20.7 Å². The fraction of sp³-hybridized carbons (Fsp3) is 0.640. The first-order valence-electron chi connectivity index (χ1n) is 12.6. The molecule has 0 aromatic carbocycles. The zero-order valence-corrected chi connectivity index (χ0v) is 23.9. The molecule has 2 aromatic heterocycles. The molecule has 38 heavy (non-hydrogen) atoms. The van der Waals surface area contributed by atoms with E-state index in [9.17, 15) is 22.0 Å². The van der Waals surface area contributed by atoms with E-state index in [1.165, 1.54) is 23.2 Å². The summed E-state index contributed by atoms with van der Waals surface area (Å²) in [6.45, 7) is 6.01. The van der Waals surface area contributed by atoms with Crippen LogP contribution in [0.5, 0.6) is 5.75 Å². The average molecular weight is 576 g/mol. The van der Waals surface area contributed by atoms with Crippen LogP contribution in [0.4, 0.5) is 14.6 Å². The molecule has 3 rings (SSSR count). The number of pyridine rings is 1. The van der Waals surface area contributed by atoms with Crippen LogP contribution in [0, 0.1) is 11.3 Å². The van der Waals surface area contributed by atoms with Crippen LogP contribution in [0.1, 0.15) is 63.9 Å². The molecule has 0 aliphatic heterocycles. The molecule has 1 aliphatic carbocycles. The monoisotopic (exact) mass is 575 g/mol. The molecule has 0 atom stereocenters. The highest BCUT2D eigenvalue weighted by Gasteiger charge is 2.29. The van der Waals surface area contributed by atoms with Crippen molar-refractivity contribution < 1.29 is 26.7 Å². The summed E-state index contributed by atoms with van der Waals surface area (Å²) in [6, 6.07) is 1.38. The number of aromatic nitrogens is 3. The summed E-state index contributed by atoms with van der Waals surface area (Å²) >= 11 is 6.60. The van der Waals surface area contributed by atoms with Gasteiger partial charge in [0.15, 0.2) is 5.69 Å². The van der Waals surface area contributed by atoms with Gasteiger partial charge in [-0.3, -0.25) is 9.48 Å². The maximum Gasteiger partial charge on any atom is 0.387 e. The Balaban J connectivity index is 1.81. The molecule has 0 radical (unpaired) electrons.